The molecule has 2 aromatic rings. The van der Waals surface area contributed by atoms with Gasteiger partial charge in [0.1, 0.15) is 5.54 Å². The molecular formula is C25H32N2O4. The van der Waals surface area contributed by atoms with Gasteiger partial charge in [-0.25, -0.2) is 0 Å². The van der Waals surface area contributed by atoms with Gasteiger partial charge in [-0.3, -0.25) is 9.59 Å². The van der Waals surface area contributed by atoms with E-state index in [1.165, 1.54) is 5.56 Å². The zero-order valence-corrected chi connectivity index (χ0v) is 19.2. The number of nitrogens with one attached hydrogen (secondary N) is 1. The van der Waals surface area contributed by atoms with E-state index >= 15 is 0 Å². The smallest absolute Gasteiger partial charge is 0.250 e. The van der Waals surface area contributed by atoms with Gasteiger partial charge in [0.05, 0.1) is 20.6 Å². The first-order valence-electron chi connectivity index (χ1n) is 10.5. The lowest BCUT2D eigenvalue weighted by Gasteiger charge is -2.49. The maximum absolute atomic E-state index is 13.0. The number of methoxy groups -OCH3 is 2. The van der Waals surface area contributed by atoms with Crippen molar-refractivity contribution in [3.63, 3.8) is 0 Å². The van der Waals surface area contributed by atoms with E-state index in [0.29, 0.717) is 30.2 Å². The van der Waals surface area contributed by atoms with Gasteiger partial charge in [-0.1, -0.05) is 45.0 Å². The molecule has 0 aromatic heterocycles. The molecule has 0 spiro atoms. The van der Waals surface area contributed by atoms with Crippen molar-refractivity contribution >= 4 is 17.5 Å². The summed E-state index contributed by atoms with van der Waals surface area (Å²) in [5.74, 6) is 0.873. The van der Waals surface area contributed by atoms with Gasteiger partial charge < -0.3 is 19.7 Å². The Kier molecular flexibility index (Phi) is 6.30. The van der Waals surface area contributed by atoms with Crippen LogP contribution in [0.3, 0.4) is 0 Å². The molecule has 1 fully saturated rings. The van der Waals surface area contributed by atoms with Gasteiger partial charge in [-0.05, 0) is 42.0 Å². The highest BCUT2D eigenvalue weighted by Gasteiger charge is 2.49. The average molecular weight is 425 g/mol. The Balaban J connectivity index is 1.67. The predicted molar refractivity (Wildman–Crippen MR) is 122 cm³/mol. The van der Waals surface area contributed by atoms with E-state index in [9.17, 15) is 9.59 Å². The van der Waals surface area contributed by atoms with Crippen molar-refractivity contribution in [3.8, 4) is 11.5 Å². The lowest BCUT2D eigenvalue weighted by atomic mass is 9.84. The van der Waals surface area contributed by atoms with Crippen LogP contribution in [0.15, 0.2) is 42.5 Å². The van der Waals surface area contributed by atoms with Crippen molar-refractivity contribution in [1.29, 1.82) is 0 Å². The van der Waals surface area contributed by atoms with E-state index in [-0.39, 0.29) is 23.7 Å². The Morgan fingerprint density at radius 1 is 1.03 bits per heavy atom. The summed E-state index contributed by atoms with van der Waals surface area (Å²) in [6.07, 6.45) is 0.907. The van der Waals surface area contributed by atoms with Crippen molar-refractivity contribution < 1.29 is 19.1 Å². The third-order valence-corrected chi connectivity index (χ3v) is 6.02. The third-order valence-electron chi connectivity index (χ3n) is 6.02. The van der Waals surface area contributed by atoms with Crippen LogP contribution in [0.4, 0.5) is 5.69 Å². The number of anilines is 1. The molecule has 1 aliphatic rings. The molecule has 1 aliphatic heterocycles. The van der Waals surface area contributed by atoms with E-state index in [1.807, 2.05) is 19.1 Å². The number of hydrogen-bond acceptors (Lipinski definition) is 4. The lowest BCUT2D eigenvalue weighted by molar-refractivity contribution is -0.154. The summed E-state index contributed by atoms with van der Waals surface area (Å²) in [4.78, 5) is 27.6. The summed E-state index contributed by atoms with van der Waals surface area (Å²) in [5, 5.41) is 2.91. The van der Waals surface area contributed by atoms with Crippen molar-refractivity contribution in [2.45, 2.75) is 51.5 Å². The van der Waals surface area contributed by atoms with Gasteiger partial charge in [0.15, 0.2) is 11.5 Å². The summed E-state index contributed by atoms with van der Waals surface area (Å²) < 4.78 is 10.5. The maximum atomic E-state index is 13.0. The van der Waals surface area contributed by atoms with Crippen LogP contribution < -0.4 is 14.8 Å². The van der Waals surface area contributed by atoms with Crippen molar-refractivity contribution in [1.82, 2.24) is 4.90 Å². The van der Waals surface area contributed by atoms with E-state index in [2.05, 4.69) is 38.2 Å². The highest BCUT2D eigenvalue weighted by Crippen LogP contribution is 2.34. The standard InChI is InChI=1S/C25H32N2O4/c1-24(2,3)18-9-7-17(8-10-18)15-22(28)27-14-13-25(27,4)23(29)26-19-11-12-20(30-5)21(16-19)31-6/h7-12,16H,13-15H2,1-6H3,(H,26,29). The van der Waals surface area contributed by atoms with Crippen molar-refractivity contribution in [2.75, 3.05) is 26.1 Å². The Hall–Kier alpha value is -3.02. The van der Waals surface area contributed by atoms with Crippen LogP contribution in [-0.2, 0) is 21.4 Å². The van der Waals surface area contributed by atoms with Gasteiger partial charge in [0, 0.05) is 18.3 Å². The summed E-state index contributed by atoms with van der Waals surface area (Å²) in [6, 6.07) is 13.3. The minimum Gasteiger partial charge on any atom is -0.493 e. The number of ether oxygens (including phenoxy) is 2. The van der Waals surface area contributed by atoms with Crippen molar-refractivity contribution in [2.24, 2.45) is 0 Å². The Morgan fingerprint density at radius 3 is 2.19 bits per heavy atom. The summed E-state index contributed by atoms with van der Waals surface area (Å²) >= 11 is 0. The molecule has 0 radical (unpaired) electrons. The number of nitrogens with zero attached hydrogens (tertiary/aromatic N) is 1. The van der Waals surface area contributed by atoms with E-state index in [4.69, 9.17) is 9.47 Å². The first kappa shape index (κ1) is 22.7. The molecule has 1 heterocycles. The fraction of sp³-hybridized carbons (Fsp3) is 0.440. The SMILES string of the molecule is COc1ccc(NC(=O)C2(C)CCN2C(=O)Cc2ccc(C(C)(C)C)cc2)cc1OC. The van der Waals surface area contributed by atoms with Crippen LogP contribution in [0, 0.1) is 0 Å². The molecule has 3 rings (SSSR count). The van der Waals surface area contributed by atoms with Gasteiger partial charge in [0.25, 0.3) is 0 Å². The normalized spacial score (nSPS) is 18.2. The highest BCUT2D eigenvalue weighted by molar-refractivity contribution is 6.01. The Morgan fingerprint density at radius 2 is 1.68 bits per heavy atom. The van der Waals surface area contributed by atoms with Gasteiger partial charge in [-0.15, -0.1) is 0 Å². The molecule has 6 nitrogen and oxygen atoms in total. The van der Waals surface area contributed by atoms with Crippen LogP contribution in [0.2, 0.25) is 0 Å². The molecule has 2 amide bonds. The molecule has 0 saturated carbocycles. The molecule has 2 aromatic carbocycles. The van der Waals surface area contributed by atoms with Crippen LogP contribution in [0.25, 0.3) is 0 Å². The average Bonchev–Trinajstić information content (AvgIpc) is 2.71. The summed E-state index contributed by atoms with van der Waals surface area (Å²) in [7, 11) is 3.11. The fourth-order valence-corrected chi connectivity index (χ4v) is 3.77. The Bertz CT molecular complexity index is 962. The molecule has 0 bridgehead atoms. The van der Waals surface area contributed by atoms with Crippen molar-refractivity contribution in [3.05, 3.63) is 53.6 Å². The number of carbonyl (C=O) groups excluding carboxylic acids is 2. The molecule has 166 valence electrons. The van der Waals surface area contributed by atoms with Gasteiger partial charge >= 0.3 is 0 Å². The van der Waals surface area contributed by atoms with E-state index in [0.717, 1.165) is 5.56 Å². The van der Waals surface area contributed by atoms with E-state index < -0.39 is 5.54 Å². The quantitative estimate of drug-likeness (QED) is 0.756. The minimum atomic E-state index is -0.865. The second-order valence-electron chi connectivity index (χ2n) is 9.22. The molecule has 31 heavy (non-hydrogen) atoms. The Labute approximate surface area is 184 Å². The van der Waals surface area contributed by atoms with Gasteiger partial charge in [-0.2, -0.15) is 0 Å². The number of rotatable bonds is 6. The lowest BCUT2D eigenvalue weighted by Crippen LogP contribution is -2.66. The van der Waals surface area contributed by atoms with E-state index in [1.54, 1.807) is 37.3 Å². The molecule has 1 saturated heterocycles. The minimum absolute atomic E-state index is 0.0419. The maximum Gasteiger partial charge on any atom is 0.250 e. The van der Waals surface area contributed by atoms with Crippen LogP contribution in [-0.4, -0.2) is 43.0 Å². The second kappa shape index (κ2) is 8.61. The molecule has 6 heteroatoms. The number of benzene rings is 2. The van der Waals surface area contributed by atoms with Crippen LogP contribution in [0.1, 0.15) is 45.2 Å². The molecule has 1 atom stereocenters. The topological polar surface area (TPSA) is 67.9 Å². The second-order valence-corrected chi connectivity index (χ2v) is 9.22. The highest BCUT2D eigenvalue weighted by atomic mass is 16.5. The number of likely N-dealkylation sites (tertiary alicyclic amines) is 1. The number of carbonyl (C=O) groups is 2. The fourth-order valence-electron chi connectivity index (χ4n) is 3.77. The zero-order valence-electron chi connectivity index (χ0n) is 19.2. The monoisotopic (exact) mass is 424 g/mol. The van der Waals surface area contributed by atoms with Crippen LogP contribution >= 0.6 is 0 Å². The van der Waals surface area contributed by atoms with Crippen LogP contribution in [0.5, 0.6) is 11.5 Å². The first-order chi connectivity index (χ1) is 14.6. The summed E-state index contributed by atoms with van der Waals surface area (Å²) in [5.41, 5.74) is 1.98. The molecular weight excluding hydrogens is 392 g/mol. The zero-order chi connectivity index (χ0) is 22.8. The summed E-state index contributed by atoms with van der Waals surface area (Å²) in [6.45, 7) is 8.88. The number of amides is 2. The molecule has 1 N–H and O–H groups in total. The van der Waals surface area contributed by atoms with Gasteiger partial charge in [0.2, 0.25) is 11.8 Å². The molecule has 0 aliphatic carbocycles. The predicted octanol–water partition coefficient (Wildman–Crippen LogP) is 4.17. The first-order valence-corrected chi connectivity index (χ1v) is 10.5. The largest absolute Gasteiger partial charge is 0.493 e. The molecule has 1 unspecified atom stereocenters. The third kappa shape index (κ3) is 4.68. The number of hydrogen-bond donors (Lipinski definition) is 1.